The third kappa shape index (κ3) is 5.17. The van der Waals surface area contributed by atoms with Crippen LogP contribution in [0.25, 0.3) is 0 Å². The summed E-state index contributed by atoms with van der Waals surface area (Å²) in [5.41, 5.74) is 6.36. The van der Waals surface area contributed by atoms with Crippen LogP contribution < -0.4 is 10.0 Å². The Bertz CT molecular complexity index is 1300. The zero-order valence-electron chi connectivity index (χ0n) is 20.0. The summed E-state index contributed by atoms with van der Waals surface area (Å²) < 4.78 is 28.4. The first kappa shape index (κ1) is 24.0. The van der Waals surface area contributed by atoms with Gasteiger partial charge in [0.2, 0.25) is 0 Å². The molecule has 4 rings (SSSR count). The van der Waals surface area contributed by atoms with Crippen LogP contribution in [0.15, 0.2) is 65.6 Å². The molecule has 0 aliphatic heterocycles. The Morgan fingerprint density at radius 3 is 2.35 bits per heavy atom. The SMILES string of the molecule is CC[C@H](NC(=O)c1cccc(NS(=O)(=O)c2ccc(C)cc2)c1C)c1ccc2c(c1)CCCC2. The minimum atomic E-state index is -3.76. The largest absolute Gasteiger partial charge is 0.345 e. The highest BCUT2D eigenvalue weighted by molar-refractivity contribution is 7.92. The van der Waals surface area contributed by atoms with E-state index in [-0.39, 0.29) is 16.8 Å². The lowest BCUT2D eigenvalue weighted by molar-refractivity contribution is 0.0935. The molecule has 6 heteroatoms. The van der Waals surface area contributed by atoms with Gasteiger partial charge in [0.05, 0.1) is 16.6 Å². The number of amides is 1. The van der Waals surface area contributed by atoms with Gasteiger partial charge in [-0.2, -0.15) is 0 Å². The lowest BCUT2D eigenvalue weighted by atomic mass is 9.88. The van der Waals surface area contributed by atoms with Gasteiger partial charge in [-0.3, -0.25) is 9.52 Å². The smallest absolute Gasteiger partial charge is 0.261 e. The monoisotopic (exact) mass is 476 g/mol. The van der Waals surface area contributed by atoms with Crippen LogP contribution in [0.3, 0.4) is 0 Å². The number of hydrogen-bond donors (Lipinski definition) is 2. The molecule has 34 heavy (non-hydrogen) atoms. The number of fused-ring (bicyclic) bond motifs is 1. The van der Waals surface area contributed by atoms with Crippen molar-refractivity contribution < 1.29 is 13.2 Å². The van der Waals surface area contributed by atoms with Gasteiger partial charge >= 0.3 is 0 Å². The molecule has 0 spiro atoms. The number of aryl methyl sites for hydroxylation is 3. The molecular formula is C28H32N2O3S. The van der Waals surface area contributed by atoms with Crippen LogP contribution >= 0.6 is 0 Å². The third-order valence-corrected chi connectivity index (χ3v) is 8.02. The fraction of sp³-hybridized carbons (Fsp3) is 0.321. The van der Waals surface area contributed by atoms with Gasteiger partial charge < -0.3 is 5.32 Å². The van der Waals surface area contributed by atoms with E-state index in [1.807, 2.05) is 6.92 Å². The number of hydrogen-bond acceptors (Lipinski definition) is 3. The van der Waals surface area contributed by atoms with Gasteiger partial charge in [-0.25, -0.2) is 8.42 Å². The predicted molar refractivity (Wildman–Crippen MR) is 137 cm³/mol. The highest BCUT2D eigenvalue weighted by Gasteiger charge is 2.21. The van der Waals surface area contributed by atoms with Crippen molar-refractivity contribution in [3.63, 3.8) is 0 Å². The van der Waals surface area contributed by atoms with Crippen molar-refractivity contribution in [2.45, 2.75) is 63.8 Å². The molecule has 5 nitrogen and oxygen atoms in total. The summed E-state index contributed by atoms with van der Waals surface area (Å²) in [6, 6.07) is 18.2. The molecule has 2 N–H and O–H groups in total. The Balaban J connectivity index is 1.54. The van der Waals surface area contributed by atoms with Gasteiger partial charge in [0.1, 0.15) is 0 Å². The summed E-state index contributed by atoms with van der Waals surface area (Å²) in [6.45, 7) is 5.73. The second kappa shape index (κ2) is 10.0. The summed E-state index contributed by atoms with van der Waals surface area (Å²) in [4.78, 5) is 13.4. The van der Waals surface area contributed by atoms with E-state index in [4.69, 9.17) is 0 Å². The van der Waals surface area contributed by atoms with E-state index in [1.165, 1.54) is 24.0 Å². The van der Waals surface area contributed by atoms with Crippen LogP contribution in [0.2, 0.25) is 0 Å². The van der Waals surface area contributed by atoms with E-state index < -0.39 is 10.0 Å². The Kier molecular flexibility index (Phi) is 7.08. The molecule has 3 aromatic rings. The van der Waals surface area contributed by atoms with Crippen molar-refractivity contribution in [1.29, 1.82) is 0 Å². The molecule has 0 saturated carbocycles. The molecule has 0 saturated heterocycles. The van der Waals surface area contributed by atoms with Crippen molar-refractivity contribution in [2.75, 3.05) is 4.72 Å². The van der Waals surface area contributed by atoms with Crippen LogP contribution in [0.4, 0.5) is 5.69 Å². The molecule has 0 unspecified atom stereocenters. The number of nitrogens with one attached hydrogen (secondary N) is 2. The summed E-state index contributed by atoms with van der Waals surface area (Å²) in [7, 11) is -3.76. The third-order valence-electron chi connectivity index (χ3n) is 6.64. The van der Waals surface area contributed by atoms with Gasteiger partial charge in [-0.05, 0) is 92.5 Å². The fourth-order valence-electron chi connectivity index (χ4n) is 4.54. The van der Waals surface area contributed by atoms with Crippen LogP contribution in [0.1, 0.15) is 70.4 Å². The summed E-state index contributed by atoms with van der Waals surface area (Å²) in [5.74, 6) is -0.210. The Labute approximate surface area is 202 Å². The second-order valence-electron chi connectivity index (χ2n) is 9.07. The quantitative estimate of drug-likeness (QED) is 0.448. The summed E-state index contributed by atoms with van der Waals surface area (Å²) in [5, 5.41) is 3.16. The van der Waals surface area contributed by atoms with Gasteiger partial charge in [0, 0.05) is 5.56 Å². The van der Waals surface area contributed by atoms with Crippen molar-refractivity contribution in [3.8, 4) is 0 Å². The predicted octanol–water partition coefficient (Wildman–Crippen LogP) is 5.86. The Hall–Kier alpha value is -3.12. The van der Waals surface area contributed by atoms with E-state index in [2.05, 4.69) is 35.2 Å². The molecular weight excluding hydrogens is 444 g/mol. The molecule has 1 aliphatic carbocycles. The number of sulfonamides is 1. The van der Waals surface area contributed by atoms with E-state index in [0.717, 1.165) is 30.4 Å². The molecule has 0 fully saturated rings. The van der Waals surface area contributed by atoms with Crippen molar-refractivity contribution in [1.82, 2.24) is 5.32 Å². The maximum atomic E-state index is 13.2. The number of benzene rings is 3. The molecule has 1 amide bonds. The highest BCUT2D eigenvalue weighted by atomic mass is 32.2. The molecule has 3 aromatic carbocycles. The van der Waals surface area contributed by atoms with Crippen LogP contribution in [-0.2, 0) is 22.9 Å². The number of carbonyl (C=O) groups is 1. The zero-order chi connectivity index (χ0) is 24.3. The van der Waals surface area contributed by atoms with Gasteiger partial charge in [-0.1, -0.05) is 48.9 Å². The lowest BCUT2D eigenvalue weighted by Crippen LogP contribution is -2.29. The standard InChI is InChI=1S/C28H32N2O3S/c1-4-26(23-15-14-21-8-5-6-9-22(21)18-23)29-28(31)25-10-7-11-27(20(25)3)30-34(32,33)24-16-12-19(2)13-17-24/h7,10-18,26,30H,4-6,8-9H2,1-3H3,(H,29,31)/t26-/m0/s1. The van der Waals surface area contributed by atoms with Crippen molar-refractivity contribution in [2.24, 2.45) is 0 Å². The van der Waals surface area contributed by atoms with Crippen molar-refractivity contribution >= 4 is 21.6 Å². The van der Waals surface area contributed by atoms with Gasteiger partial charge in [-0.15, -0.1) is 0 Å². The second-order valence-corrected chi connectivity index (χ2v) is 10.7. The number of anilines is 1. The normalized spacial score (nSPS) is 14.2. The molecule has 0 heterocycles. The lowest BCUT2D eigenvalue weighted by Gasteiger charge is -2.22. The molecule has 1 aliphatic rings. The minimum Gasteiger partial charge on any atom is -0.345 e. The van der Waals surface area contributed by atoms with Crippen LogP contribution in [0.5, 0.6) is 0 Å². The number of rotatable bonds is 7. The highest BCUT2D eigenvalue weighted by Crippen LogP contribution is 2.27. The average Bonchev–Trinajstić information content (AvgIpc) is 2.83. The Morgan fingerprint density at radius 2 is 1.65 bits per heavy atom. The summed E-state index contributed by atoms with van der Waals surface area (Å²) in [6.07, 6.45) is 5.44. The molecule has 0 aromatic heterocycles. The first-order chi connectivity index (χ1) is 16.3. The minimum absolute atomic E-state index is 0.105. The maximum absolute atomic E-state index is 13.2. The fourth-order valence-corrected chi connectivity index (χ4v) is 5.66. The van der Waals surface area contributed by atoms with E-state index in [1.54, 1.807) is 49.4 Å². The summed E-state index contributed by atoms with van der Waals surface area (Å²) >= 11 is 0. The molecule has 178 valence electrons. The average molecular weight is 477 g/mol. The zero-order valence-corrected chi connectivity index (χ0v) is 20.8. The van der Waals surface area contributed by atoms with Gasteiger partial charge in [0.15, 0.2) is 0 Å². The Morgan fingerprint density at radius 1 is 0.941 bits per heavy atom. The first-order valence-electron chi connectivity index (χ1n) is 11.9. The van der Waals surface area contributed by atoms with E-state index >= 15 is 0 Å². The topological polar surface area (TPSA) is 75.3 Å². The van der Waals surface area contributed by atoms with Crippen LogP contribution in [0, 0.1) is 13.8 Å². The molecule has 0 bridgehead atoms. The van der Waals surface area contributed by atoms with Crippen LogP contribution in [-0.4, -0.2) is 14.3 Å². The molecule has 0 radical (unpaired) electrons. The molecule has 1 atom stereocenters. The van der Waals surface area contributed by atoms with E-state index in [0.29, 0.717) is 16.8 Å². The van der Waals surface area contributed by atoms with E-state index in [9.17, 15) is 13.2 Å². The van der Waals surface area contributed by atoms with Crippen molar-refractivity contribution in [3.05, 3.63) is 94.0 Å². The van der Waals surface area contributed by atoms with Gasteiger partial charge in [0.25, 0.3) is 15.9 Å². The number of carbonyl (C=O) groups excluding carboxylic acids is 1. The first-order valence-corrected chi connectivity index (χ1v) is 13.4. The maximum Gasteiger partial charge on any atom is 0.261 e.